The van der Waals surface area contributed by atoms with Crippen LogP contribution in [0.15, 0.2) is 0 Å². The van der Waals surface area contributed by atoms with E-state index in [1.165, 1.54) is 6.92 Å². The first-order chi connectivity index (χ1) is 6.84. The molecular weight excluding hydrogens is 202 g/mol. The summed E-state index contributed by atoms with van der Waals surface area (Å²) in [6.07, 6.45) is -0.140. The Morgan fingerprint density at radius 2 is 1.93 bits per heavy atom. The molecular formula is C8H15N3O4. The Labute approximate surface area is 86.8 Å². The summed E-state index contributed by atoms with van der Waals surface area (Å²) in [7, 11) is 0. The quantitative estimate of drug-likeness (QED) is 0.415. The van der Waals surface area contributed by atoms with E-state index < -0.39 is 29.9 Å². The van der Waals surface area contributed by atoms with Gasteiger partial charge in [-0.15, -0.1) is 0 Å². The summed E-state index contributed by atoms with van der Waals surface area (Å²) in [5.74, 6) is -2.41. The highest BCUT2D eigenvalue weighted by Gasteiger charge is 2.21. The van der Waals surface area contributed by atoms with Crippen molar-refractivity contribution in [2.45, 2.75) is 31.8 Å². The van der Waals surface area contributed by atoms with Crippen LogP contribution in [0, 0.1) is 0 Å². The lowest BCUT2D eigenvalue weighted by atomic mass is 10.1. The summed E-state index contributed by atoms with van der Waals surface area (Å²) in [4.78, 5) is 32.2. The van der Waals surface area contributed by atoms with Gasteiger partial charge in [0.15, 0.2) is 0 Å². The van der Waals surface area contributed by atoms with E-state index in [0.29, 0.717) is 0 Å². The van der Waals surface area contributed by atoms with Crippen LogP contribution in [0.5, 0.6) is 0 Å². The molecule has 0 aromatic carbocycles. The number of hydrogen-bond acceptors (Lipinski definition) is 4. The van der Waals surface area contributed by atoms with Crippen LogP contribution in [-0.2, 0) is 14.4 Å². The lowest BCUT2D eigenvalue weighted by Gasteiger charge is -2.14. The van der Waals surface area contributed by atoms with Crippen molar-refractivity contribution in [2.75, 3.05) is 0 Å². The minimum absolute atomic E-state index is 0.0386. The number of hydrogen-bond donors (Lipinski definition) is 4. The maximum Gasteiger partial charge on any atom is 0.326 e. The van der Waals surface area contributed by atoms with Crippen LogP contribution in [-0.4, -0.2) is 35.0 Å². The van der Waals surface area contributed by atoms with Gasteiger partial charge in [-0.2, -0.15) is 0 Å². The third kappa shape index (κ3) is 5.63. The van der Waals surface area contributed by atoms with E-state index >= 15 is 0 Å². The highest BCUT2D eigenvalue weighted by atomic mass is 16.4. The average Bonchev–Trinajstić information content (AvgIpc) is 2.10. The molecule has 0 aliphatic heterocycles. The van der Waals surface area contributed by atoms with E-state index in [2.05, 4.69) is 5.32 Å². The van der Waals surface area contributed by atoms with Gasteiger partial charge in [-0.05, 0) is 13.3 Å². The number of rotatable bonds is 6. The standard InChI is InChI=1S/C8H15N3O4/c1-4(9)7(13)11-5(8(14)15)2-3-6(10)12/h4-5H,2-3,9H2,1H3,(H2,10,12)(H,11,13)(H,14,15)/t4-,5+/m1/s1. The first-order valence-corrected chi connectivity index (χ1v) is 4.41. The van der Waals surface area contributed by atoms with Crippen LogP contribution in [0.1, 0.15) is 19.8 Å². The van der Waals surface area contributed by atoms with E-state index in [0.717, 1.165) is 0 Å². The first-order valence-electron chi connectivity index (χ1n) is 4.41. The van der Waals surface area contributed by atoms with Gasteiger partial charge in [-0.1, -0.05) is 0 Å². The van der Waals surface area contributed by atoms with Gasteiger partial charge >= 0.3 is 5.97 Å². The molecule has 0 aromatic heterocycles. The van der Waals surface area contributed by atoms with Crippen LogP contribution < -0.4 is 16.8 Å². The molecule has 0 fully saturated rings. The van der Waals surface area contributed by atoms with Gasteiger partial charge in [0.1, 0.15) is 6.04 Å². The molecule has 0 saturated carbocycles. The highest BCUT2D eigenvalue weighted by molar-refractivity contribution is 5.86. The SMILES string of the molecule is C[C@@H](N)C(=O)N[C@@H](CCC(N)=O)C(=O)O. The summed E-state index contributed by atoms with van der Waals surface area (Å²) in [6.45, 7) is 1.43. The van der Waals surface area contributed by atoms with Gasteiger partial charge in [0.2, 0.25) is 11.8 Å². The Kier molecular flexibility index (Phi) is 5.32. The Hall–Kier alpha value is -1.63. The second kappa shape index (κ2) is 5.97. The minimum Gasteiger partial charge on any atom is -0.480 e. The lowest BCUT2D eigenvalue weighted by Crippen LogP contribution is -2.47. The molecule has 6 N–H and O–H groups in total. The Morgan fingerprint density at radius 3 is 2.27 bits per heavy atom. The minimum atomic E-state index is -1.22. The number of nitrogens with one attached hydrogen (secondary N) is 1. The van der Waals surface area contributed by atoms with Crippen LogP contribution in [0.25, 0.3) is 0 Å². The number of carbonyl (C=O) groups is 3. The van der Waals surface area contributed by atoms with E-state index in [9.17, 15) is 14.4 Å². The largest absolute Gasteiger partial charge is 0.480 e. The molecule has 0 rings (SSSR count). The zero-order valence-electron chi connectivity index (χ0n) is 8.40. The van der Waals surface area contributed by atoms with E-state index in [-0.39, 0.29) is 12.8 Å². The molecule has 0 aliphatic carbocycles. The van der Waals surface area contributed by atoms with Crippen molar-refractivity contribution in [1.29, 1.82) is 0 Å². The molecule has 86 valence electrons. The van der Waals surface area contributed by atoms with Gasteiger partial charge in [-0.3, -0.25) is 9.59 Å². The molecule has 0 heterocycles. The van der Waals surface area contributed by atoms with Crippen LogP contribution in [0.3, 0.4) is 0 Å². The summed E-state index contributed by atoms with van der Waals surface area (Å²) < 4.78 is 0. The monoisotopic (exact) mass is 217 g/mol. The highest BCUT2D eigenvalue weighted by Crippen LogP contribution is 1.97. The summed E-state index contributed by atoms with van der Waals surface area (Å²) in [6, 6.07) is -1.92. The van der Waals surface area contributed by atoms with Crippen molar-refractivity contribution in [3.05, 3.63) is 0 Å². The van der Waals surface area contributed by atoms with Crippen LogP contribution >= 0.6 is 0 Å². The van der Waals surface area contributed by atoms with E-state index in [1.54, 1.807) is 0 Å². The number of primary amides is 1. The molecule has 0 radical (unpaired) electrons. The van der Waals surface area contributed by atoms with Crippen molar-refractivity contribution in [2.24, 2.45) is 11.5 Å². The van der Waals surface area contributed by atoms with Crippen LogP contribution in [0.4, 0.5) is 0 Å². The number of aliphatic carboxylic acids is 1. The maximum atomic E-state index is 11.1. The normalized spacial score (nSPS) is 14.0. The molecule has 2 amide bonds. The van der Waals surface area contributed by atoms with Gasteiger partial charge < -0.3 is 21.9 Å². The van der Waals surface area contributed by atoms with Gasteiger partial charge in [0.25, 0.3) is 0 Å². The molecule has 7 nitrogen and oxygen atoms in total. The third-order valence-electron chi connectivity index (χ3n) is 1.71. The van der Waals surface area contributed by atoms with Gasteiger partial charge in [-0.25, -0.2) is 4.79 Å². The second-order valence-corrected chi connectivity index (χ2v) is 3.19. The zero-order valence-corrected chi connectivity index (χ0v) is 8.40. The first kappa shape index (κ1) is 13.4. The number of carbonyl (C=O) groups excluding carboxylic acids is 2. The molecule has 0 aromatic rings. The molecule has 7 heteroatoms. The summed E-state index contributed by atoms with van der Waals surface area (Å²) in [5, 5.41) is 10.9. The molecule has 0 unspecified atom stereocenters. The molecule has 0 spiro atoms. The fourth-order valence-electron chi connectivity index (χ4n) is 0.847. The van der Waals surface area contributed by atoms with Crippen molar-refractivity contribution in [3.63, 3.8) is 0 Å². The predicted molar refractivity (Wildman–Crippen MR) is 51.6 cm³/mol. The van der Waals surface area contributed by atoms with Crippen molar-refractivity contribution >= 4 is 17.8 Å². The maximum absolute atomic E-state index is 11.1. The second-order valence-electron chi connectivity index (χ2n) is 3.19. The fraction of sp³-hybridized carbons (Fsp3) is 0.625. The molecule has 15 heavy (non-hydrogen) atoms. The number of carboxylic acids is 1. The van der Waals surface area contributed by atoms with Crippen molar-refractivity contribution in [3.8, 4) is 0 Å². The van der Waals surface area contributed by atoms with Gasteiger partial charge in [0.05, 0.1) is 6.04 Å². The third-order valence-corrected chi connectivity index (χ3v) is 1.71. The van der Waals surface area contributed by atoms with Crippen molar-refractivity contribution < 1.29 is 19.5 Å². The number of carboxylic acid groups (broad SMARTS) is 1. The Bertz CT molecular complexity index is 265. The lowest BCUT2D eigenvalue weighted by molar-refractivity contribution is -0.142. The van der Waals surface area contributed by atoms with Gasteiger partial charge in [0, 0.05) is 6.42 Å². The Morgan fingerprint density at radius 1 is 1.40 bits per heavy atom. The van der Waals surface area contributed by atoms with Crippen molar-refractivity contribution in [1.82, 2.24) is 5.32 Å². The fourth-order valence-corrected chi connectivity index (χ4v) is 0.847. The molecule has 2 atom stereocenters. The van der Waals surface area contributed by atoms with E-state index in [4.69, 9.17) is 16.6 Å². The zero-order chi connectivity index (χ0) is 12.0. The van der Waals surface area contributed by atoms with E-state index in [1.807, 2.05) is 0 Å². The molecule has 0 saturated heterocycles. The average molecular weight is 217 g/mol. The smallest absolute Gasteiger partial charge is 0.326 e. The molecule has 0 bridgehead atoms. The number of amides is 2. The summed E-state index contributed by atoms with van der Waals surface area (Å²) >= 11 is 0. The molecule has 0 aliphatic rings. The van der Waals surface area contributed by atoms with Crippen LogP contribution in [0.2, 0.25) is 0 Å². The summed E-state index contributed by atoms with van der Waals surface area (Å²) in [5.41, 5.74) is 10.1. The number of nitrogens with two attached hydrogens (primary N) is 2. The topological polar surface area (TPSA) is 136 Å². The predicted octanol–water partition coefficient (Wildman–Crippen LogP) is -1.83. The Balaban J connectivity index is 4.22.